The molecule has 3 heteroatoms. The molecule has 1 aromatic carbocycles. The average Bonchev–Trinajstić information content (AvgIpc) is 3.22. The summed E-state index contributed by atoms with van der Waals surface area (Å²) in [4.78, 5) is 2.57. The van der Waals surface area contributed by atoms with Gasteiger partial charge in [0.2, 0.25) is 0 Å². The third-order valence-electron chi connectivity index (χ3n) is 5.05. The van der Waals surface area contributed by atoms with Gasteiger partial charge in [-0.3, -0.25) is 4.90 Å². The van der Waals surface area contributed by atoms with Gasteiger partial charge in [0.1, 0.15) is 5.75 Å². The van der Waals surface area contributed by atoms with Crippen molar-refractivity contribution in [2.45, 2.75) is 57.0 Å². The number of hydrogen-bond donors (Lipinski definition) is 0. The Morgan fingerprint density at radius 1 is 1.25 bits per heavy atom. The van der Waals surface area contributed by atoms with Crippen LogP contribution in [-0.2, 0) is 5.41 Å². The van der Waals surface area contributed by atoms with E-state index in [1.165, 1.54) is 36.8 Å². The number of hydrogen-bond acceptors (Lipinski definition) is 2. The van der Waals surface area contributed by atoms with Gasteiger partial charge in [-0.25, -0.2) is 0 Å². The van der Waals surface area contributed by atoms with Crippen molar-refractivity contribution in [3.63, 3.8) is 0 Å². The molecule has 20 heavy (non-hydrogen) atoms. The van der Waals surface area contributed by atoms with Crippen molar-refractivity contribution in [2.75, 3.05) is 14.2 Å². The minimum atomic E-state index is 0.229. The summed E-state index contributed by atoms with van der Waals surface area (Å²) in [6.45, 7) is 4.70. The molecule has 0 N–H and O–H groups in total. The second kappa shape index (κ2) is 5.03. The number of nitrogens with zero attached hydrogens (tertiary/aromatic N) is 1. The lowest BCUT2D eigenvalue weighted by atomic mass is 9.70. The van der Waals surface area contributed by atoms with Crippen molar-refractivity contribution in [1.29, 1.82) is 0 Å². The van der Waals surface area contributed by atoms with Crippen LogP contribution in [0.1, 0.15) is 56.7 Å². The fourth-order valence-electron chi connectivity index (χ4n) is 3.59. The fourth-order valence-corrected chi connectivity index (χ4v) is 4.02. The SMILES string of the molecule is COc1cc(Br)cc2c1C(N(C)C1CC1)CCC2(C)C. The van der Waals surface area contributed by atoms with E-state index in [0.717, 1.165) is 16.3 Å². The number of benzene rings is 1. The molecule has 1 unspecified atom stereocenters. The predicted molar refractivity (Wildman–Crippen MR) is 86.5 cm³/mol. The number of rotatable bonds is 3. The Morgan fingerprint density at radius 2 is 1.95 bits per heavy atom. The molecule has 1 fully saturated rings. The maximum absolute atomic E-state index is 5.71. The van der Waals surface area contributed by atoms with E-state index in [4.69, 9.17) is 4.74 Å². The maximum atomic E-state index is 5.71. The van der Waals surface area contributed by atoms with Crippen LogP contribution >= 0.6 is 15.9 Å². The zero-order chi connectivity index (χ0) is 14.5. The molecule has 0 radical (unpaired) electrons. The second-order valence-electron chi connectivity index (χ2n) is 6.90. The van der Waals surface area contributed by atoms with E-state index in [-0.39, 0.29) is 5.41 Å². The summed E-state index contributed by atoms with van der Waals surface area (Å²) in [5.41, 5.74) is 3.10. The van der Waals surface area contributed by atoms with E-state index in [9.17, 15) is 0 Å². The first-order valence-corrected chi connectivity index (χ1v) is 8.33. The van der Waals surface area contributed by atoms with Crippen LogP contribution in [0.5, 0.6) is 5.75 Å². The van der Waals surface area contributed by atoms with Gasteiger partial charge in [0.05, 0.1) is 7.11 Å². The molecule has 0 aromatic heterocycles. The quantitative estimate of drug-likeness (QED) is 0.794. The predicted octanol–water partition coefficient (Wildman–Crippen LogP) is 4.66. The van der Waals surface area contributed by atoms with Crippen LogP contribution in [0, 0.1) is 0 Å². The first-order valence-electron chi connectivity index (χ1n) is 7.54. The molecule has 3 rings (SSSR count). The van der Waals surface area contributed by atoms with Crippen LogP contribution in [0.25, 0.3) is 0 Å². The molecule has 0 saturated heterocycles. The van der Waals surface area contributed by atoms with Crippen molar-refractivity contribution in [3.8, 4) is 5.75 Å². The minimum Gasteiger partial charge on any atom is -0.496 e. The Balaban J connectivity index is 2.11. The summed E-state index contributed by atoms with van der Waals surface area (Å²) < 4.78 is 6.83. The Bertz CT molecular complexity index is 522. The normalized spacial score (nSPS) is 24.6. The molecule has 0 aliphatic heterocycles. The summed E-state index contributed by atoms with van der Waals surface area (Å²) in [6.07, 6.45) is 5.17. The summed E-state index contributed by atoms with van der Waals surface area (Å²) >= 11 is 3.64. The lowest BCUT2D eigenvalue weighted by molar-refractivity contribution is 0.187. The standard InChI is InChI=1S/C17H24BrNO/c1-17(2)8-7-14(19(3)12-5-6-12)16-13(17)9-11(18)10-15(16)20-4/h9-10,12,14H,5-8H2,1-4H3. The van der Waals surface area contributed by atoms with Crippen LogP contribution in [0.4, 0.5) is 0 Å². The highest BCUT2D eigenvalue weighted by Crippen LogP contribution is 2.50. The zero-order valence-electron chi connectivity index (χ0n) is 12.9. The first kappa shape index (κ1) is 14.4. The topological polar surface area (TPSA) is 12.5 Å². The molecule has 0 amide bonds. The Kier molecular flexibility index (Phi) is 3.62. The molecule has 2 aliphatic rings. The molecule has 2 nitrogen and oxygen atoms in total. The minimum absolute atomic E-state index is 0.229. The van der Waals surface area contributed by atoms with Gasteiger partial charge in [-0.05, 0) is 55.8 Å². The van der Waals surface area contributed by atoms with Crippen LogP contribution in [0.15, 0.2) is 16.6 Å². The molecular weight excluding hydrogens is 314 g/mol. The van der Waals surface area contributed by atoms with Gasteiger partial charge < -0.3 is 4.74 Å². The largest absolute Gasteiger partial charge is 0.496 e. The molecule has 1 saturated carbocycles. The van der Waals surface area contributed by atoms with Gasteiger partial charge in [0.15, 0.2) is 0 Å². The first-order chi connectivity index (χ1) is 9.44. The van der Waals surface area contributed by atoms with Gasteiger partial charge in [-0.2, -0.15) is 0 Å². The summed E-state index contributed by atoms with van der Waals surface area (Å²) in [7, 11) is 4.07. The summed E-state index contributed by atoms with van der Waals surface area (Å²) in [5.74, 6) is 1.04. The fraction of sp³-hybridized carbons (Fsp3) is 0.647. The van der Waals surface area contributed by atoms with Crippen molar-refractivity contribution >= 4 is 15.9 Å². The van der Waals surface area contributed by atoms with Crippen LogP contribution in [-0.4, -0.2) is 25.1 Å². The van der Waals surface area contributed by atoms with Gasteiger partial charge in [0, 0.05) is 22.1 Å². The molecule has 1 atom stereocenters. The number of methoxy groups -OCH3 is 1. The van der Waals surface area contributed by atoms with Crippen molar-refractivity contribution < 1.29 is 4.74 Å². The highest BCUT2D eigenvalue weighted by Gasteiger charge is 2.40. The number of ether oxygens (including phenoxy) is 1. The lowest BCUT2D eigenvalue weighted by Crippen LogP contribution is -2.35. The van der Waals surface area contributed by atoms with Gasteiger partial charge in [0.25, 0.3) is 0 Å². The lowest BCUT2D eigenvalue weighted by Gasteiger charge is -2.41. The van der Waals surface area contributed by atoms with Crippen LogP contribution in [0.3, 0.4) is 0 Å². The highest BCUT2D eigenvalue weighted by atomic mass is 79.9. The Morgan fingerprint density at radius 3 is 2.55 bits per heavy atom. The van der Waals surface area contributed by atoms with Gasteiger partial charge in [-0.15, -0.1) is 0 Å². The van der Waals surface area contributed by atoms with Crippen molar-refractivity contribution in [2.24, 2.45) is 0 Å². The molecule has 1 aromatic rings. The number of fused-ring (bicyclic) bond motifs is 1. The molecular formula is C17H24BrNO. The van der Waals surface area contributed by atoms with Gasteiger partial charge in [-0.1, -0.05) is 29.8 Å². The van der Waals surface area contributed by atoms with Crippen molar-refractivity contribution in [3.05, 3.63) is 27.7 Å². The van der Waals surface area contributed by atoms with Crippen molar-refractivity contribution in [1.82, 2.24) is 4.90 Å². The van der Waals surface area contributed by atoms with Crippen LogP contribution < -0.4 is 4.74 Å². The molecule has 0 bridgehead atoms. The smallest absolute Gasteiger partial charge is 0.125 e. The highest BCUT2D eigenvalue weighted by molar-refractivity contribution is 9.10. The van der Waals surface area contributed by atoms with E-state index >= 15 is 0 Å². The Labute approximate surface area is 130 Å². The van der Waals surface area contributed by atoms with E-state index in [1.807, 2.05) is 0 Å². The molecule has 2 aliphatic carbocycles. The molecule has 0 spiro atoms. The second-order valence-corrected chi connectivity index (χ2v) is 7.82. The number of halogens is 1. The third kappa shape index (κ3) is 2.39. The Hall–Kier alpha value is -0.540. The molecule has 0 heterocycles. The van der Waals surface area contributed by atoms with E-state index in [1.54, 1.807) is 7.11 Å². The molecule has 110 valence electrons. The third-order valence-corrected chi connectivity index (χ3v) is 5.50. The van der Waals surface area contributed by atoms with Gasteiger partial charge >= 0.3 is 0 Å². The summed E-state index contributed by atoms with van der Waals surface area (Å²) in [6, 6.07) is 5.70. The monoisotopic (exact) mass is 337 g/mol. The van der Waals surface area contributed by atoms with E-state index in [0.29, 0.717) is 6.04 Å². The maximum Gasteiger partial charge on any atom is 0.125 e. The van der Waals surface area contributed by atoms with E-state index < -0.39 is 0 Å². The van der Waals surface area contributed by atoms with Crippen LogP contribution in [0.2, 0.25) is 0 Å². The van der Waals surface area contributed by atoms with E-state index in [2.05, 4.69) is 53.9 Å². The zero-order valence-corrected chi connectivity index (χ0v) is 14.5. The average molecular weight is 338 g/mol. The summed E-state index contributed by atoms with van der Waals surface area (Å²) in [5, 5.41) is 0.